The maximum atomic E-state index is 13.8. The van der Waals surface area contributed by atoms with Gasteiger partial charge in [0.1, 0.15) is 0 Å². The summed E-state index contributed by atoms with van der Waals surface area (Å²) in [6.07, 6.45) is 5.44. The zero-order valence-electron chi connectivity index (χ0n) is 28.4. The molecule has 0 radical (unpaired) electrons. The van der Waals surface area contributed by atoms with E-state index in [4.69, 9.17) is 4.74 Å². The van der Waals surface area contributed by atoms with Crippen molar-refractivity contribution in [1.29, 1.82) is 0 Å². The van der Waals surface area contributed by atoms with Gasteiger partial charge in [-0.3, -0.25) is 29.8 Å². The number of aryl methyl sites for hydroxylation is 3. The smallest absolute Gasteiger partial charge is 0.305 e. The molecule has 0 amide bonds. The highest BCUT2D eigenvalue weighted by molar-refractivity contribution is 6.10. The Bertz CT molecular complexity index is 1690. The van der Waals surface area contributed by atoms with E-state index >= 15 is 0 Å². The summed E-state index contributed by atoms with van der Waals surface area (Å²) in [5, 5.41) is 25.7. The normalized spacial score (nSPS) is 11.0. The van der Waals surface area contributed by atoms with Gasteiger partial charge in [0.05, 0.1) is 16.5 Å². The second kappa shape index (κ2) is 17.7. The van der Waals surface area contributed by atoms with Crippen LogP contribution in [-0.2, 0) is 42.3 Å². The van der Waals surface area contributed by atoms with E-state index < -0.39 is 9.85 Å². The fourth-order valence-electron chi connectivity index (χ4n) is 6.06. The van der Waals surface area contributed by atoms with Gasteiger partial charge in [-0.25, -0.2) is 0 Å². The van der Waals surface area contributed by atoms with E-state index in [1.54, 1.807) is 31.2 Å². The van der Waals surface area contributed by atoms with Crippen molar-refractivity contribution >= 4 is 28.8 Å². The molecule has 49 heavy (non-hydrogen) atoms. The highest BCUT2D eigenvalue weighted by Crippen LogP contribution is 2.25. The summed E-state index contributed by atoms with van der Waals surface area (Å²) in [4.78, 5) is 46.9. The van der Waals surface area contributed by atoms with E-state index in [2.05, 4.69) is 9.88 Å². The molecule has 4 rings (SSSR count). The van der Waals surface area contributed by atoms with Gasteiger partial charge in [-0.05, 0) is 87.1 Å². The summed E-state index contributed by atoms with van der Waals surface area (Å²) in [6, 6.07) is 22.7. The number of aromatic nitrogens is 1. The number of ether oxygens (including phenoxy) is 1. The number of esters is 1. The molecule has 11 nitrogen and oxygen atoms in total. The molecule has 0 unspecified atom stereocenters. The molecule has 0 aliphatic carbocycles. The average molecular weight is 669 g/mol. The number of carbonyl (C=O) groups excluding carboxylic acids is 2. The zero-order chi connectivity index (χ0) is 35.3. The summed E-state index contributed by atoms with van der Waals surface area (Å²) < 4.78 is 7.10. The maximum absolute atomic E-state index is 13.8. The molecule has 0 saturated heterocycles. The SMILES string of the molecule is CCOC(=O)CCCc1cc(C(=O)c2cccc(NCC(CCc3ccc([N+](=O)[O-])cc3)CCc3ccc([N+](=O)[O-])cc3)c2)c(CC)n1C. The molecule has 258 valence electrons. The van der Waals surface area contributed by atoms with Crippen molar-refractivity contribution in [1.82, 2.24) is 4.57 Å². The molecule has 0 aliphatic heterocycles. The van der Waals surface area contributed by atoms with E-state index in [9.17, 15) is 29.8 Å². The van der Waals surface area contributed by atoms with Gasteiger partial charge >= 0.3 is 5.97 Å². The summed E-state index contributed by atoms with van der Waals surface area (Å²) in [5.41, 5.74) is 6.15. The van der Waals surface area contributed by atoms with E-state index in [0.717, 1.165) is 53.9 Å². The van der Waals surface area contributed by atoms with Crippen molar-refractivity contribution in [3.8, 4) is 0 Å². The number of hydrogen-bond donors (Lipinski definition) is 1. The lowest BCUT2D eigenvalue weighted by Gasteiger charge is -2.19. The number of benzene rings is 3. The van der Waals surface area contributed by atoms with Crippen molar-refractivity contribution in [2.24, 2.45) is 13.0 Å². The monoisotopic (exact) mass is 668 g/mol. The third-order valence-corrected chi connectivity index (χ3v) is 8.85. The van der Waals surface area contributed by atoms with E-state index in [1.807, 2.05) is 44.3 Å². The Morgan fingerprint density at radius 1 is 0.837 bits per heavy atom. The Morgan fingerprint density at radius 2 is 1.43 bits per heavy atom. The number of carbonyl (C=O) groups is 2. The highest BCUT2D eigenvalue weighted by atomic mass is 16.6. The van der Waals surface area contributed by atoms with E-state index in [0.29, 0.717) is 50.0 Å². The molecule has 0 atom stereocenters. The van der Waals surface area contributed by atoms with Crippen LogP contribution in [0.2, 0.25) is 0 Å². The van der Waals surface area contributed by atoms with Crippen molar-refractivity contribution in [3.63, 3.8) is 0 Å². The first-order chi connectivity index (χ1) is 23.6. The third-order valence-electron chi connectivity index (χ3n) is 8.85. The highest BCUT2D eigenvalue weighted by Gasteiger charge is 2.20. The standard InChI is InChI=1S/C38H44N4O7/c1-4-36-35(25-34(40(36)3)10-7-11-37(43)49-5-2)38(44)30-8-6-9-31(24-30)39-26-29(14-12-27-16-20-32(21-17-27)41(45)46)15-13-28-18-22-33(23-19-28)42(47)48/h6,8-9,16-25,29,39H,4-5,7,10-15,26H2,1-3H3. The van der Waals surface area contributed by atoms with Crippen molar-refractivity contribution in [2.45, 2.75) is 65.2 Å². The van der Waals surface area contributed by atoms with Crippen LogP contribution >= 0.6 is 0 Å². The minimum Gasteiger partial charge on any atom is -0.466 e. The van der Waals surface area contributed by atoms with Gasteiger partial charge in [-0.15, -0.1) is 0 Å². The number of nitro benzene ring substituents is 2. The summed E-state index contributed by atoms with van der Waals surface area (Å²) in [5.74, 6) is -0.0590. The van der Waals surface area contributed by atoms with Gasteiger partial charge in [-0.2, -0.15) is 0 Å². The fraction of sp³-hybridized carbons (Fsp3) is 0.368. The van der Waals surface area contributed by atoms with Crippen LogP contribution in [0.1, 0.15) is 78.0 Å². The molecule has 0 fully saturated rings. The average Bonchev–Trinajstić information content (AvgIpc) is 3.42. The molecule has 0 saturated carbocycles. The number of nitro groups is 2. The minimum absolute atomic E-state index is 0.0550. The third kappa shape index (κ3) is 10.3. The van der Waals surface area contributed by atoms with Gasteiger partial charge in [0.2, 0.25) is 0 Å². The van der Waals surface area contributed by atoms with Crippen LogP contribution in [0.25, 0.3) is 0 Å². The zero-order valence-corrected chi connectivity index (χ0v) is 28.4. The number of rotatable bonds is 19. The lowest BCUT2D eigenvalue weighted by molar-refractivity contribution is -0.385. The van der Waals surface area contributed by atoms with Crippen LogP contribution < -0.4 is 5.32 Å². The Labute approximate surface area is 286 Å². The summed E-state index contributed by atoms with van der Waals surface area (Å²) in [7, 11) is 1.96. The Hall–Kier alpha value is -5.32. The topological polar surface area (TPSA) is 147 Å². The number of non-ortho nitro benzene ring substituents is 2. The summed E-state index contributed by atoms with van der Waals surface area (Å²) >= 11 is 0. The molecule has 1 N–H and O–H groups in total. The molecular formula is C38H44N4O7. The molecule has 11 heteroatoms. The first kappa shape index (κ1) is 36.5. The van der Waals surface area contributed by atoms with Gasteiger partial charge in [0, 0.05) is 72.5 Å². The number of ketones is 1. The molecule has 4 aromatic rings. The van der Waals surface area contributed by atoms with Gasteiger partial charge < -0.3 is 14.6 Å². The first-order valence-electron chi connectivity index (χ1n) is 16.8. The van der Waals surface area contributed by atoms with Gasteiger partial charge in [0.25, 0.3) is 11.4 Å². The largest absolute Gasteiger partial charge is 0.466 e. The number of nitrogens with zero attached hydrogens (tertiary/aromatic N) is 3. The Kier molecular flexibility index (Phi) is 13.2. The predicted molar refractivity (Wildman–Crippen MR) is 189 cm³/mol. The molecule has 1 heterocycles. The molecule has 3 aromatic carbocycles. The lowest BCUT2D eigenvalue weighted by Crippen LogP contribution is -2.17. The number of nitrogens with one attached hydrogen (secondary N) is 1. The number of anilines is 1. The predicted octanol–water partition coefficient (Wildman–Crippen LogP) is 7.81. The van der Waals surface area contributed by atoms with Gasteiger partial charge in [-0.1, -0.05) is 43.3 Å². The van der Waals surface area contributed by atoms with Crippen LogP contribution in [0.4, 0.5) is 17.1 Å². The summed E-state index contributed by atoms with van der Waals surface area (Å²) in [6.45, 7) is 4.81. The first-order valence-corrected chi connectivity index (χ1v) is 16.8. The molecule has 1 aromatic heterocycles. The second-order valence-corrected chi connectivity index (χ2v) is 12.1. The quantitative estimate of drug-likeness (QED) is 0.0461. The molecule has 0 aliphatic rings. The number of hydrogen-bond acceptors (Lipinski definition) is 8. The Morgan fingerprint density at radius 3 is 1.96 bits per heavy atom. The van der Waals surface area contributed by atoms with Crippen LogP contribution in [0.15, 0.2) is 78.9 Å². The molecular weight excluding hydrogens is 624 g/mol. The van der Waals surface area contributed by atoms with Crippen molar-refractivity contribution in [3.05, 3.63) is 133 Å². The van der Waals surface area contributed by atoms with Gasteiger partial charge in [0.15, 0.2) is 5.78 Å². The van der Waals surface area contributed by atoms with Crippen molar-refractivity contribution in [2.75, 3.05) is 18.5 Å². The lowest BCUT2D eigenvalue weighted by atomic mass is 9.92. The maximum Gasteiger partial charge on any atom is 0.305 e. The second-order valence-electron chi connectivity index (χ2n) is 12.1. The fourth-order valence-corrected chi connectivity index (χ4v) is 6.06. The van der Waals surface area contributed by atoms with Crippen LogP contribution in [0.5, 0.6) is 0 Å². The van der Waals surface area contributed by atoms with Crippen molar-refractivity contribution < 1.29 is 24.2 Å². The molecule has 0 spiro atoms. The van der Waals surface area contributed by atoms with Crippen LogP contribution in [0.3, 0.4) is 0 Å². The van der Waals surface area contributed by atoms with Crippen LogP contribution in [0, 0.1) is 26.1 Å². The van der Waals surface area contributed by atoms with E-state index in [1.165, 1.54) is 24.3 Å². The van der Waals surface area contributed by atoms with Crippen LogP contribution in [-0.4, -0.2) is 39.3 Å². The Balaban J connectivity index is 1.45. The minimum atomic E-state index is -0.409. The molecule has 0 bridgehead atoms. The van der Waals surface area contributed by atoms with E-state index in [-0.39, 0.29) is 29.0 Å².